The van der Waals surface area contributed by atoms with Gasteiger partial charge >= 0.3 is 0 Å². The molecule has 0 heterocycles. The molecule has 1 aromatic rings. The quantitative estimate of drug-likeness (QED) is 0.621. The fourth-order valence-corrected chi connectivity index (χ4v) is 6.12. The van der Waals surface area contributed by atoms with Gasteiger partial charge in [-0.3, -0.25) is 0 Å². The van der Waals surface area contributed by atoms with Crippen LogP contribution in [0.1, 0.15) is 78.2 Å². The van der Waals surface area contributed by atoms with Crippen LogP contribution in [-0.2, 0) is 5.41 Å². The van der Waals surface area contributed by atoms with Crippen molar-refractivity contribution in [3.05, 3.63) is 35.9 Å². The first-order valence-electron chi connectivity index (χ1n) is 10.1. The first-order valence-corrected chi connectivity index (χ1v) is 10.6. The van der Waals surface area contributed by atoms with Crippen LogP contribution in [0.4, 0.5) is 0 Å². The molecule has 25 heavy (non-hydrogen) atoms. The number of rotatable bonds is 4. The Morgan fingerprint density at radius 2 is 1.80 bits per heavy atom. The summed E-state index contributed by atoms with van der Waals surface area (Å²) in [5.41, 5.74) is 8.20. The lowest BCUT2D eigenvalue weighted by Gasteiger charge is -2.57. The fraction of sp³-hybridized carbons (Fsp3) is 0.696. The maximum atomic E-state index is 4.54. The lowest BCUT2D eigenvalue weighted by Crippen LogP contribution is -2.49. The summed E-state index contributed by atoms with van der Waals surface area (Å²) in [5.74, 6) is 2.80. The molecule has 2 aliphatic carbocycles. The minimum atomic E-state index is 0.454. The summed E-state index contributed by atoms with van der Waals surface area (Å²) in [6, 6.07) is 11.5. The fourth-order valence-electron chi connectivity index (χ4n) is 6.12. The van der Waals surface area contributed by atoms with Crippen LogP contribution in [0.5, 0.6) is 0 Å². The monoisotopic (exact) mass is 359 g/mol. The van der Waals surface area contributed by atoms with Gasteiger partial charge in [-0.2, -0.15) is 0 Å². The largest absolute Gasteiger partial charge is 0.396 e. The Morgan fingerprint density at radius 3 is 2.40 bits per heavy atom. The summed E-state index contributed by atoms with van der Waals surface area (Å²) < 4.78 is 0. The second-order valence-corrected chi connectivity index (χ2v) is 9.55. The van der Waals surface area contributed by atoms with Crippen molar-refractivity contribution in [2.45, 2.75) is 78.1 Å². The second-order valence-electron chi connectivity index (χ2n) is 9.28. The third kappa shape index (κ3) is 4.84. The molecular formula is C23H37NS. The summed E-state index contributed by atoms with van der Waals surface area (Å²) in [4.78, 5) is 0. The van der Waals surface area contributed by atoms with Gasteiger partial charge in [-0.15, -0.1) is 0 Å². The van der Waals surface area contributed by atoms with E-state index in [2.05, 4.69) is 76.0 Å². The van der Waals surface area contributed by atoms with E-state index in [0.29, 0.717) is 10.8 Å². The Balaban J connectivity index is 0.000000701. The van der Waals surface area contributed by atoms with Crippen molar-refractivity contribution in [1.82, 2.24) is 0 Å². The molecule has 2 bridgehead atoms. The molecule has 0 spiro atoms. The normalized spacial score (nSPS) is 33.0. The average molecular weight is 360 g/mol. The van der Waals surface area contributed by atoms with Crippen LogP contribution in [0.25, 0.3) is 0 Å². The van der Waals surface area contributed by atoms with Gasteiger partial charge in [0.25, 0.3) is 0 Å². The number of fused-ring (bicyclic) bond motifs is 2. The Bertz CT molecular complexity index is 534. The number of thiocarbonyl (C=S) groups is 1. The highest BCUT2D eigenvalue weighted by atomic mass is 32.1. The summed E-state index contributed by atoms with van der Waals surface area (Å²) in [6.07, 6.45) is 9.91. The van der Waals surface area contributed by atoms with Crippen molar-refractivity contribution in [3.8, 4) is 0 Å². The van der Waals surface area contributed by atoms with Crippen molar-refractivity contribution >= 4 is 17.7 Å². The van der Waals surface area contributed by atoms with Gasteiger partial charge in [0.15, 0.2) is 0 Å². The summed E-state index contributed by atoms with van der Waals surface area (Å²) in [5, 5.41) is 0. The SMILES string of the molecule is CCCCC1C(C)CC2(c3ccccc3)CC1CC(C)(C)C2.NC=S. The van der Waals surface area contributed by atoms with Crippen LogP contribution in [0, 0.1) is 23.2 Å². The number of hydrogen-bond acceptors (Lipinski definition) is 1. The summed E-state index contributed by atoms with van der Waals surface area (Å²) in [6.45, 7) is 9.92. The van der Waals surface area contributed by atoms with Crippen LogP contribution < -0.4 is 5.73 Å². The highest BCUT2D eigenvalue weighted by Crippen LogP contribution is 2.60. The molecule has 1 aromatic carbocycles. The minimum Gasteiger partial charge on any atom is -0.396 e. The van der Waals surface area contributed by atoms with Crippen LogP contribution in [-0.4, -0.2) is 5.49 Å². The maximum absolute atomic E-state index is 4.54. The molecule has 2 fully saturated rings. The molecule has 0 aromatic heterocycles. The Hall–Kier alpha value is -0.890. The predicted molar refractivity (Wildman–Crippen MR) is 114 cm³/mol. The molecular weight excluding hydrogens is 322 g/mol. The molecule has 0 aliphatic heterocycles. The smallest absolute Gasteiger partial charge is 0.0588 e. The molecule has 2 heteroatoms. The van der Waals surface area contributed by atoms with Crippen LogP contribution >= 0.6 is 12.2 Å². The maximum Gasteiger partial charge on any atom is 0.0588 e. The number of hydrogen-bond donors (Lipinski definition) is 1. The molecule has 0 amide bonds. The van der Waals surface area contributed by atoms with Crippen molar-refractivity contribution in [3.63, 3.8) is 0 Å². The van der Waals surface area contributed by atoms with Crippen LogP contribution in [0.3, 0.4) is 0 Å². The Morgan fingerprint density at radius 1 is 1.16 bits per heavy atom. The first kappa shape index (κ1) is 20.4. The summed E-state index contributed by atoms with van der Waals surface area (Å²) in [7, 11) is 0. The van der Waals surface area contributed by atoms with Gasteiger partial charge in [-0.25, -0.2) is 0 Å². The highest BCUT2D eigenvalue weighted by molar-refractivity contribution is 7.78. The molecule has 3 rings (SSSR count). The molecule has 1 nitrogen and oxygen atoms in total. The van der Waals surface area contributed by atoms with E-state index >= 15 is 0 Å². The minimum absolute atomic E-state index is 0.454. The molecule has 2 N–H and O–H groups in total. The second kappa shape index (κ2) is 8.66. The molecule has 140 valence electrons. The van der Waals surface area contributed by atoms with Gasteiger partial charge in [0.1, 0.15) is 0 Å². The van der Waals surface area contributed by atoms with Crippen LogP contribution in [0.15, 0.2) is 30.3 Å². The molecule has 2 aliphatic rings. The third-order valence-electron chi connectivity index (χ3n) is 6.61. The van der Waals surface area contributed by atoms with E-state index in [1.807, 2.05) is 0 Å². The Kier molecular flexibility index (Phi) is 7.08. The molecule has 2 saturated carbocycles. The zero-order valence-corrected chi connectivity index (χ0v) is 17.4. The van der Waals surface area contributed by atoms with Gasteiger partial charge < -0.3 is 5.73 Å². The number of nitrogens with two attached hydrogens (primary N) is 1. The van der Waals surface area contributed by atoms with Crippen molar-refractivity contribution in [1.29, 1.82) is 0 Å². The van der Waals surface area contributed by atoms with Gasteiger partial charge in [0.05, 0.1) is 5.49 Å². The molecule has 0 radical (unpaired) electrons. The first-order chi connectivity index (χ1) is 11.9. The third-order valence-corrected chi connectivity index (χ3v) is 6.61. The van der Waals surface area contributed by atoms with E-state index in [1.165, 1.54) is 44.9 Å². The number of benzene rings is 1. The van der Waals surface area contributed by atoms with E-state index in [-0.39, 0.29) is 0 Å². The average Bonchev–Trinajstić information content (AvgIpc) is 2.54. The van der Waals surface area contributed by atoms with E-state index in [0.717, 1.165) is 23.2 Å². The Labute approximate surface area is 160 Å². The van der Waals surface area contributed by atoms with Crippen molar-refractivity contribution in [2.75, 3.05) is 0 Å². The van der Waals surface area contributed by atoms with E-state index in [1.54, 1.807) is 5.56 Å². The molecule has 4 unspecified atom stereocenters. The highest BCUT2D eigenvalue weighted by Gasteiger charge is 2.51. The standard InChI is InChI=1S/C22H34.CH3NS/c1-5-6-12-20-17(2)13-22(19-10-8-7-9-11-19)15-18(20)14-21(3,4)16-22;2-1-3/h7-11,17-18,20H,5-6,12-16H2,1-4H3;1H,(H2,2,3). The molecule has 0 saturated heterocycles. The predicted octanol–water partition coefficient (Wildman–Crippen LogP) is 6.50. The summed E-state index contributed by atoms with van der Waals surface area (Å²) >= 11 is 4.05. The van der Waals surface area contributed by atoms with E-state index in [4.69, 9.17) is 0 Å². The topological polar surface area (TPSA) is 26.0 Å². The van der Waals surface area contributed by atoms with Crippen molar-refractivity contribution in [2.24, 2.45) is 28.9 Å². The van der Waals surface area contributed by atoms with E-state index < -0.39 is 0 Å². The van der Waals surface area contributed by atoms with Gasteiger partial charge in [-0.05, 0) is 66.3 Å². The van der Waals surface area contributed by atoms with Gasteiger partial charge in [0, 0.05) is 0 Å². The van der Waals surface area contributed by atoms with Gasteiger partial charge in [-0.1, -0.05) is 83.1 Å². The van der Waals surface area contributed by atoms with Gasteiger partial charge in [0.2, 0.25) is 0 Å². The molecule has 4 atom stereocenters. The van der Waals surface area contributed by atoms with Crippen LogP contribution in [0.2, 0.25) is 0 Å². The lowest BCUT2D eigenvalue weighted by molar-refractivity contribution is -0.0177. The zero-order valence-electron chi connectivity index (χ0n) is 16.6. The lowest BCUT2D eigenvalue weighted by atomic mass is 9.48. The van der Waals surface area contributed by atoms with Crippen molar-refractivity contribution < 1.29 is 0 Å². The number of unbranched alkanes of at least 4 members (excludes halogenated alkanes) is 1. The van der Waals surface area contributed by atoms with E-state index in [9.17, 15) is 0 Å². The zero-order chi connectivity index (χ0) is 18.5.